The minimum atomic E-state index is -0.182. The Labute approximate surface area is 148 Å². The molecule has 1 aliphatic rings. The standard InChI is InChI=1S/C19H15N3O2S/c23-17-9-13-6-7-14(8-16(13)22-17)18(24)20-10-15-11-25-19(21-15)12-4-2-1-3-5-12/h1-8,11H,9-10H2,(H,20,24)(H,22,23). The number of carbonyl (C=O) groups excluding carboxylic acids is 2. The van der Waals surface area contributed by atoms with E-state index < -0.39 is 0 Å². The van der Waals surface area contributed by atoms with E-state index >= 15 is 0 Å². The van der Waals surface area contributed by atoms with Gasteiger partial charge in [0.05, 0.1) is 18.7 Å². The van der Waals surface area contributed by atoms with Crippen LogP contribution in [-0.4, -0.2) is 16.8 Å². The summed E-state index contributed by atoms with van der Waals surface area (Å²) < 4.78 is 0. The van der Waals surface area contributed by atoms with Gasteiger partial charge < -0.3 is 10.6 Å². The van der Waals surface area contributed by atoms with Crippen molar-refractivity contribution in [1.29, 1.82) is 0 Å². The van der Waals surface area contributed by atoms with E-state index in [-0.39, 0.29) is 11.8 Å². The first kappa shape index (κ1) is 15.5. The number of hydrogen-bond acceptors (Lipinski definition) is 4. The first-order valence-electron chi connectivity index (χ1n) is 7.90. The second-order valence-corrected chi connectivity index (χ2v) is 6.65. The Bertz CT molecular complexity index is 950. The van der Waals surface area contributed by atoms with Crippen LogP contribution in [0.25, 0.3) is 10.6 Å². The molecular weight excluding hydrogens is 334 g/mol. The maximum Gasteiger partial charge on any atom is 0.251 e. The molecule has 2 N–H and O–H groups in total. The van der Waals surface area contributed by atoms with Gasteiger partial charge in [-0.3, -0.25) is 9.59 Å². The van der Waals surface area contributed by atoms with E-state index in [0.717, 1.165) is 27.5 Å². The van der Waals surface area contributed by atoms with Gasteiger partial charge in [-0.2, -0.15) is 0 Å². The van der Waals surface area contributed by atoms with Gasteiger partial charge in [0.2, 0.25) is 5.91 Å². The van der Waals surface area contributed by atoms with Gasteiger partial charge in [-0.05, 0) is 17.7 Å². The van der Waals surface area contributed by atoms with Crippen LogP contribution in [0.1, 0.15) is 21.6 Å². The average Bonchev–Trinajstić information content (AvgIpc) is 3.25. The van der Waals surface area contributed by atoms with Crippen LogP contribution in [0.4, 0.5) is 5.69 Å². The number of anilines is 1. The van der Waals surface area contributed by atoms with E-state index in [1.165, 1.54) is 0 Å². The van der Waals surface area contributed by atoms with E-state index in [1.54, 1.807) is 23.5 Å². The Balaban J connectivity index is 1.42. The Hall–Kier alpha value is -2.99. The van der Waals surface area contributed by atoms with E-state index in [4.69, 9.17) is 0 Å². The number of hydrogen-bond donors (Lipinski definition) is 2. The summed E-state index contributed by atoms with van der Waals surface area (Å²) in [6, 6.07) is 15.2. The normalized spacial score (nSPS) is 12.6. The smallest absolute Gasteiger partial charge is 0.251 e. The third-order valence-corrected chi connectivity index (χ3v) is 4.94. The van der Waals surface area contributed by atoms with Gasteiger partial charge in [-0.25, -0.2) is 4.98 Å². The number of nitrogens with one attached hydrogen (secondary N) is 2. The molecule has 6 heteroatoms. The fourth-order valence-electron chi connectivity index (χ4n) is 2.73. The zero-order chi connectivity index (χ0) is 17.2. The summed E-state index contributed by atoms with van der Waals surface area (Å²) in [7, 11) is 0. The molecule has 25 heavy (non-hydrogen) atoms. The number of aromatic nitrogens is 1. The number of nitrogens with zero attached hydrogens (tertiary/aromatic N) is 1. The summed E-state index contributed by atoms with van der Waals surface area (Å²) in [6.07, 6.45) is 0.373. The first-order chi connectivity index (χ1) is 12.2. The monoisotopic (exact) mass is 349 g/mol. The SMILES string of the molecule is O=C1Cc2ccc(C(=O)NCc3csc(-c4ccccc4)n3)cc2N1. The van der Waals surface area contributed by atoms with Crippen molar-refractivity contribution in [3.63, 3.8) is 0 Å². The average molecular weight is 349 g/mol. The van der Waals surface area contributed by atoms with Crippen LogP contribution in [-0.2, 0) is 17.8 Å². The van der Waals surface area contributed by atoms with Crippen molar-refractivity contribution in [2.45, 2.75) is 13.0 Å². The van der Waals surface area contributed by atoms with Crippen molar-refractivity contribution in [2.75, 3.05) is 5.32 Å². The van der Waals surface area contributed by atoms with E-state index in [1.807, 2.05) is 41.8 Å². The van der Waals surface area contributed by atoms with Crippen molar-refractivity contribution in [1.82, 2.24) is 10.3 Å². The number of benzene rings is 2. The highest BCUT2D eigenvalue weighted by molar-refractivity contribution is 7.13. The molecule has 0 atom stereocenters. The lowest BCUT2D eigenvalue weighted by Crippen LogP contribution is -2.23. The van der Waals surface area contributed by atoms with E-state index in [9.17, 15) is 9.59 Å². The summed E-state index contributed by atoms with van der Waals surface area (Å²) in [6.45, 7) is 0.367. The lowest BCUT2D eigenvalue weighted by Gasteiger charge is -2.05. The second kappa shape index (κ2) is 6.49. The molecule has 0 saturated carbocycles. The molecule has 0 spiro atoms. The zero-order valence-electron chi connectivity index (χ0n) is 13.3. The minimum Gasteiger partial charge on any atom is -0.346 e. The largest absolute Gasteiger partial charge is 0.346 e. The predicted octanol–water partition coefficient (Wildman–Crippen LogP) is 3.23. The van der Waals surface area contributed by atoms with Crippen LogP contribution < -0.4 is 10.6 Å². The lowest BCUT2D eigenvalue weighted by atomic mass is 10.1. The Morgan fingerprint density at radius 1 is 1.20 bits per heavy atom. The molecule has 2 amide bonds. The van der Waals surface area contributed by atoms with Gasteiger partial charge >= 0.3 is 0 Å². The summed E-state index contributed by atoms with van der Waals surface area (Å²) in [5.74, 6) is -0.221. The number of amides is 2. The number of carbonyl (C=O) groups is 2. The molecule has 2 aromatic carbocycles. The molecule has 5 nitrogen and oxygen atoms in total. The molecule has 0 saturated heterocycles. The molecule has 1 aliphatic heterocycles. The van der Waals surface area contributed by atoms with Crippen LogP contribution >= 0.6 is 11.3 Å². The number of thiazole rings is 1. The molecule has 1 aromatic heterocycles. The summed E-state index contributed by atoms with van der Waals surface area (Å²) in [5, 5.41) is 8.52. The maximum absolute atomic E-state index is 12.3. The maximum atomic E-state index is 12.3. The predicted molar refractivity (Wildman–Crippen MR) is 97.5 cm³/mol. The van der Waals surface area contributed by atoms with Gasteiger partial charge in [0.15, 0.2) is 0 Å². The third-order valence-electron chi connectivity index (χ3n) is 4.00. The Morgan fingerprint density at radius 2 is 2.04 bits per heavy atom. The van der Waals surface area contributed by atoms with Crippen LogP contribution in [0, 0.1) is 0 Å². The molecule has 0 fully saturated rings. The quantitative estimate of drug-likeness (QED) is 0.760. The van der Waals surface area contributed by atoms with Gasteiger partial charge in [0.1, 0.15) is 5.01 Å². The fourth-order valence-corrected chi connectivity index (χ4v) is 3.56. The van der Waals surface area contributed by atoms with Crippen molar-refractivity contribution in [2.24, 2.45) is 0 Å². The Kier molecular flexibility index (Phi) is 4.03. The molecule has 0 bridgehead atoms. The number of rotatable bonds is 4. The van der Waals surface area contributed by atoms with Crippen molar-refractivity contribution in [3.8, 4) is 10.6 Å². The summed E-state index contributed by atoms with van der Waals surface area (Å²) in [4.78, 5) is 28.3. The zero-order valence-corrected chi connectivity index (χ0v) is 14.1. The van der Waals surface area contributed by atoms with Crippen molar-refractivity contribution < 1.29 is 9.59 Å². The Morgan fingerprint density at radius 3 is 2.88 bits per heavy atom. The second-order valence-electron chi connectivity index (χ2n) is 5.79. The highest BCUT2D eigenvalue weighted by Crippen LogP contribution is 2.25. The molecule has 3 aromatic rings. The summed E-state index contributed by atoms with van der Waals surface area (Å²) >= 11 is 1.56. The van der Waals surface area contributed by atoms with Crippen LogP contribution in [0.15, 0.2) is 53.9 Å². The number of fused-ring (bicyclic) bond motifs is 1. The first-order valence-corrected chi connectivity index (χ1v) is 8.78. The fraction of sp³-hybridized carbons (Fsp3) is 0.105. The third kappa shape index (κ3) is 3.29. The van der Waals surface area contributed by atoms with Gasteiger partial charge in [0, 0.05) is 22.2 Å². The van der Waals surface area contributed by atoms with Gasteiger partial charge in [0.25, 0.3) is 5.91 Å². The highest BCUT2D eigenvalue weighted by atomic mass is 32.1. The van der Waals surface area contributed by atoms with Crippen molar-refractivity contribution >= 4 is 28.8 Å². The molecule has 0 radical (unpaired) electrons. The van der Waals surface area contributed by atoms with Gasteiger partial charge in [-0.15, -0.1) is 11.3 Å². The van der Waals surface area contributed by atoms with E-state index in [2.05, 4.69) is 15.6 Å². The molecule has 2 heterocycles. The topological polar surface area (TPSA) is 71.1 Å². The lowest BCUT2D eigenvalue weighted by molar-refractivity contribution is -0.115. The van der Waals surface area contributed by atoms with E-state index in [0.29, 0.717) is 18.5 Å². The van der Waals surface area contributed by atoms with Gasteiger partial charge in [-0.1, -0.05) is 36.4 Å². The van der Waals surface area contributed by atoms with Crippen molar-refractivity contribution in [3.05, 3.63) is 70.7 Å². The van der Waals surface area contributed by atoms with Crippen LogP contribution in [0.3, 0.4) is 0 Å². The highest BCUT2D eigenvalue weighted by Gasteiger charge is 2.19. The molecule has 4 rings (SSSR count). The summed E-state index contributed by atoms with van der Waals surface area (Å²) in [5.41, 5.74) is 4.07. The minimum absolute atomic E-state index is 0.0385. The van der Waals surface area contributed by atoms with Crippen LogP contribution in [0.2, 0.25) is 0 Å². The molecular formula is C19H15N3O2S. The molecule has 124 valence electrons. The molecule has 0 unspecified atom stereocenters. The van der Waals surface area contributed by atoms with Crippen LogP contribution in [0.5, 0.6) is 0 Å². The molecule has 0 aliphatic carbocycles.